The molecular formula is C26H27F2N5O4S. The number of likely N-dealkylation sites (N-methyl/N-ethyl adjacent to an activating group) is 1. The molecule has 0 unspecified atom stereocenters. The van der Waals surface area contributed by atoms with E-state index in [1.807, 2.05) is 29.0 Å². The van der Waals surface area contributed by atoms with E-state index in [1.165, 1.54) is 16.7 Å². The summed E-state index contributed by atoms with van der Waals surface area (Å²) in [6, 6.07) is 12.8. The second-order valence-electron chi connectivity index (χ2n) is 9.44. The summed E-state index contributed by atoms with van der Waals surface area (Å²) in [5.41, 5.74) is 1.95. The molecule has 0 spiro atoms. The summed E-state index contributed by atoms with van der Waals surface area (Å²) in [7, 11) is -2.38. The minimum absolute atomic E-state index is 0.0931. The summed E-state index contributed by atoms with van der Waals surface area (Å²) < 4.78 is 62.8. The Morgan fingerprint density at radius 1 is 1.05 bits per heavy atom. The number of sulfonamides is 1. The molecule has 200 valence electrons. The number of nitrogens with zero attached hydrogens (tertiary/aromatic N) is 4. The maximum Gasteiger partial charge on any atom is 0.420 e. The summed E-state index contributed by atoms with van der Waals surface area (Å²) >= 11 is 0. The predicted octanol–water partition coefficient (Wildman–Crippen LogP) is 3.43. The van der Waals surface area contributed by atoms with Gasteiger partial charge in [0.25, 0.3) is 10.0 Å². The first-order valence-corrected chi connectivity index (χ1v) is 13.6. The van der Waals surface area contributed by atoms with Crippen molar-refractivity contribution in [3.8, 4) is 0 Å². The third kappa shape index (κ3) is 5.33. The largest absolute Gasteiger partial charge is 0.420 e. The molecule has 0 saturated carbocycles. The minimum Gasteiger partial charge on any atom is -0.408 e. The van der Waals surface area contributed by atoms with Crippen LogP contribution in [0.2, 0.25) is 0 Å². The lowest BCUT2D eigenvalue weighted by atomic mass is 10.0. The van der Waals surface area contributed by atoms with E-state index in [0.717, 1.165) is 62.0 Å². The topological polar surface area (TPSA) is 101 Å². The lowest BCUT2D eigenvalue weighted by molar-refractivity contribution is 0.148. The molecule has 1 aliphatic rings. The fourth-order valence-electron chi connectivity index (χ4n) is 4.63. The lowest BCUT2D eigenvalue weighted by Gasteiger charge is -2.32. The van der Waals surface area contributed by atoms with Crippen LogP contribution in [-0.2, 0) is 16.6 Å². The third-order valence-corrected chi connectivity index (χ3v) is 8.10. The van der Waals surface area contributed by atoms with Crippen molar-refractivity contribution in [2.45, 2.75) is 24.4 Å². The fourth-order valence-corrected chi connectivity index (χ4v) is 5.71. The van der Waals surface area contributed by atoms with Gasteiger partial charge in [-0.15, -0.1) is 0 Å². The molecule has 1 atom stereocenters. The summed E-state index contributed by atoms with van der Waals surface area (Å²) in [5, 5.41) is 0. The van der Waals surface area contributed by atoms with Crippen molar-refractivity contribution < 1.29 is 21.6 Å². The molecule has 3 heterocycles. The van der Waals surface area contributed by atoms with E-state index in [2.05, 4.69) is 21.8 Å². The molecule has 9 nitrogen and oxygen atoms in total. The number of piperazine rings is 1. The van der Waals surface area contributed by atoms with E-state index in [1.54, 1.807) is 6.92 Å². The SMILES string of the molecule is C[C@H](c1cccc(CN2CCN(C)CC2)c1)n1c(=O)oc2cc(S(=O)(=O)Nc3cccc(F)n3)c(F)cc21. The molecule has 0 radical (unpaired) electrons. The molecule has 12 heteroatoms. The summed E-state index contributed by atoms with van der Waals surface area (Å²) in [6.07, 6.45) is 0. The van der Waals surface area contributed by atoms with Crippen LogP contribution in [-0.4, -0.2) is 61.0 Å². The normalized spacial score (nSPS) is 16.1. The highest BCUT2D eigenvalue weighted by Crippen LogP contribution is 2.28. The highest BCUT2D eigenvalue weighted by Gasteiger charge is 2.25. The second-order valence-corrected chi connectivity index (χ2v) is 11.1. The van der Waals surface area contributed by atoms with Gasteiger partial charge in [-0.25, -0.2) is 22.6 Å². The molecule has 1 N–H and O–H groups in total. The van der Waals surface area contributed by atoms with Crippen molar-refractivity contribution in [3.05, 3.63) is 88.0 Å². The van der Waals surface area contributed by atoms with Crippen LogP contribution in [0.4, 0.5) is 14.6 Å². The molecule has 1 aliphatic heterocycles. The zero-order chi connectivity index (χ0) is 27.0. The predicted molar refractivity (Wildman–Crippen MR) is 138 cm³/mol. The van der Waals surface area contributed by atoms with Crippen molar-refractivity contribution in [1.29, 1.82) is 0 Å². The Morgan fingerprint density at radius 2 is 1.79 bits per heavy atom. The summed E-state index contributed by atoms with van der Waals surface area (Å²) in [6.45, 7) is 6.52. The van der Waals surface area contributed by atoms with Gasteiger partial charge in [0.15, 0.2) is 5.58 Å². The number of aromatic nitrogens is 2. The van der Waals surface area contributed by atoms with Crippen molar-refractivity contribution in [1.82, 2.24) is 19.4 Å². The van der Waals surface area contributed by atoms with E-state index < -0.39 is 38.5 Å². The fraction of sp³-hybridized carbons (Fsp3) is 0.308. The van der Waals surface area contributed by atoms with Crippen molar-refractivity contribution in [3.63, 3.8) is 0 Å². The first-order chi connectivity index (χ1) is 18.1. The molecule has 2 aromatic heterocycles. The maximum absolute atomic E-state index is 15.1. The van der Waals surface area contributed by atoms with Crippen molar-refractivity contribution >= 4 is 26.9 Å². The molecular weight excluding hydrogens is 516 g/mol. The van der Waals surface area contributed by atoms with Gasteiger partial charge >= 0.3 is 5.76 Å². The van der Waals surface area contributed by atoms with Gasteiger partial charge in [0.1, 0.15) is 16.5 Å². The number of hydrogen-bond acceptors (Lipinski definition) is 7. The minimum atomic E-state index is -4.48. The van der Waals surface area contributed by atoms with Gasteiger partial charge < -0.3 is 9.32 Å². The van der Waals surface area contributed by atoms with Gasteiger partial charge in [-0.1, -0.05) is 30.3 Å². The molecule has 0 bridgehead atoms. The Hall–Kier alpha value is -3.61. The van der Waals surface area contributed by atoms with Crippen LogP contribution in [0.15, 0.2) is 68.7 Å². The first-order valence-electron chi connectivity index (χ1n) is 12.1. The summed E-state index contributed by atoms with van der Waals surface area (Å²) in [5.74, 6) is -3.04. The van der Waals surface area contributed by atoms with Crippen molar-refractivity contribution in [2.24, 2.45) is 0 Å². The number of pyridine rings is 1. The number of anilines is 1. The zero-order valence-corrected chi connectivity index (χ0v) is 21.7. The quantitative estimate of drug-likeness (QED) is 0.357. The number of hydrogen-bond donors (Lipinski definition) is 1. The smallest absolute Gasteiger partial charge is 0.408 e. The van der Waals surface area contributed by atoms with Crippen LogP contribution in [0.1, 0.15) is 24.1 Å². The average molecular weight is 544 g/mol. The van der Waals surface area contributed by atoms with Crippen LogP contribution in [0.5, 0.6) is 0 Å². The van der Waals surface area contributed by atoms with E-state index in [0.29, 0.717) is 0 Å². The number of halogens is 2. The molecule has 38 heavy (non-hydrogen) atoms. The Balaban J connectivity index is 1.44. The second kappa shape index (κ2) is 10.3. The zero-order valence-electron chi connectivity index (χ0n) is 20.9. The molecule has 4 aromatic rings. The maximum atomic E-state index is 15.1. The summed E-state index contributed by atoms with van der Waals surface area (Å²) in [4.78, 5) is 20.2. The number of benzene rings is 2. The van der Waals surface area contributed by atoms with Gasteiger partial charge in [0.05, 0.1) is 11.6 Å². The number of fused-ring (bicyclic) bond motifs is 1. The Morgan fingerprint density at radius 3 is 2.53 bits per heavy atom. The Kier molecular flexibility index (Phi) is 7.03. The molecule has 0 amide bonds. The number of nitrogens with one attached hydrogen (secondary N) is 1. The Bertz CT molecular complexity index is 1650. The van der Waals surface area contributed by atoms with E-state index in [-0.39, 0.29) is 16.9 Å². The standard InChI is InChI=1S/C26H27F2N5O4S/c1-17(19-6-3-5-18(13-19)16-32-11-9-31(2)10-12-32)33-21-14-20(27)23(15-22(21)37-26(33)34)38(35,36)30-25-8-4-7-24(28)29-25/h3-8,13-15,17H,9-12,16H2,1-2H3,(H,29,30)/t17-/m1/s1. The highest BCUT2D eigenvalue weighted by molar-refractivity contribution is 7.92. The lowest BCUT2D eigenvalue weighted by Crippen LogP contribution is -2.43. The van der Waals surface area contributed by atoms with Crippen molar-refractivity contribution in [2.75, 3.05) is 37.9 Å². The Labute approximate surface area is 218 Å². The first kappa shape index (κ1) is 26.0. The monoisotopic (exact) mass is 543 g/mol. The molecule has 1 saturated heterocycles. The molecule has 0 aliphatic carbocycles. The average Bonchev–Trinajstić information content (AvgIpc) is 3.19. The van der Waals surface area contributed by atoms with Crippen LogP contribution in [0.25, 0.3) is 11.1 Å². The van der Waals surface area contributed by atoms with E-state index in [4.69, 9.17) is 4.42 Å². The van der Waals surface area contributed by atoms with Crippen LogP contribution < -0.4 is 10.5 Å². The molecule has 1 fully saturated rings. The van der Waals surface area contributed by atoms with Gasteiger partial charge in [-0.2, -0.15) is 4.39 Å². The van der Waals surface area contributed by atoms with E-state index >= 15 is 4.39 Å². The number of oxazole rings is 1. The van der Waals surface area contributed by atoms with Gasteiger partial charge in [0, 0.05) is 44.9 Å². The molecule has 5 rings (SSSR count). The van der Waals surface area contributed by atoms with Crippen LogP contribution in [0, 0.1) is 11.8 Å². The number of rotatable bonds is 7. The van der Waals surface area contributed by atoms with Gasteiger partial charge in [-0.3, -0.25) is 14.2 Å². The molecule has 2 aromatic carbocycles. The van der Waals surface area contributed by atoms with E-state index in [9.17, 15) is 17.6 Å². The van der Waals surface area contributed by atoms with Gasteiger partial charge in [0.2, 0.25) is 5.95 Å². The van der Waals surface area contributed by atoms with Crippen LogP contribution in [0.3, 0.4) is 0 Å². The highest BCUT2D eigenvalue weighted by atomic mass is 32.2. The third-order valence-electron chi connectivity index (χ3n) is 6.73. The van der Waals surface area contributed by atoms with Crippen LogP contribution >= 0.6 is 0 Å². The van der Waals surface area contributed by atoms with Gasteiger partial charge in [-0.05, 0) is 37.2 Å².